The van der Waals surface area contributed by atoms with Crippen LogP contribution in [0.1, 0.15) is 18.4 Å². The normalized spacial score (nSPS) is 18.4. The topological polar surface area (TPSA) is 63.4 Å². The second kappa shape index (κ2) is 5.56. The van der Waals surface area contributed by atoms with Crippen LogP contribution in [0.25, 0.3) is 0 Å². The van der Waals surface area contributed by atoms with E-state index < -0.39 is 10.0 Å². The highest BCUT2D eigenvalue weighted by Crippen LogP contribution is 2.25. The molecule has 2 N–H and O–H groups in total. The average Bonchev–Trinajstić information content (AvgIpc) is 2.39. The van der Waals surface area contributed by atoms with E-state index in [0.717, 1.165) is 5.56 Å². The molecular formula is C13H18N2O2S2. The van der Waals surface area contributed by atoms with Crippen molar-refractivity contribution < 1.29 is 8.42 Å². The summed E-state index contributed by atoms with van der Waals surface area (Å²) in [5, 5.41) is 0. The van der Waals surface area contributed by atoms with Gasteiger partial charge in [-0.15, -0.1) is 0 Å². The maximum atomic E-state index is 12.5. The van der Waals surface area contributed by atoms with Crippen LogP contribution in [0.4, 0.5) is 0 Å². The molecular weight excluding hydrogens is 280 g/mol. The fourth-order valence-corrected chi connectivity index (χ4v) is 4.30. The lowest BCUT2D eigenvalue weighted by atomic mass is 9.98. The summed E-state index contributed by atoms with van der Waals surface area (Å²) in [7, 11) is -3.39. The van der Waals surface area contributed by atoms with Gasteiger partial charge in [-0.3, -0.25) is 0 Å². The first kappa shape index (κ1) is 14.4. The maximum absolute atomic E-state index is 12.5. The van der Waals surface area contributed by atoms with Crippen molar-refractivity contribution in [2.45, 2.75) is 24.7 Å². The van der Waals surface area contributed by atoms with E-state index in [4.69, 9.17) is 18.0 Å². The van der Waals surface area contributed by atoms with Gasteiger partial charge in [0.1, 0.15) is 0 Å². The molecule has 1 aliphatic rings. The van der Waals surface area contributed by atoms with Gasteiger partial charge in [0.2, 0.25) is 10.0 Å². The van der Waals surface area contributed by atoms with Gasteiger partial charge in [-0.2, -0.15) is 4.31 Å². The zero-order chi connectivity index (χ0) is 14.0. The molecule has 1 aromatic carbocycles. The Morgan fingerprint density at radius 1 is 1.32 bits per heavy atom. The highest BCUT2D eigenvalue weighted by atomic mass is 32.2. The molecule has 1 fully saturated rings. The molecule has 1 heterocycles. The lowest BCUT2D eigenvalue weighted by Crippen LogP contribution is -2.41. The van der Waals surface area contributed by atoms with E-state index in [1.54, 1.807) is 12.1 Å². The highest BCUT2D eigenvalue weighted by Gasteiger charge is 2.30. The number of benzene rings is 1. The van der Waals surface area contributed by atoms with Crippen LogP contribution < -0.4 is 5.73 Å². The van der Waals surface area contributed by atoms with Crippen molar-refractivity contribution in [2.75, 3.05) is 13.1 Å². The summed E-state index contributed by atoms with van der Waals surface area (Å²) in [4.78, 5) is 0.886. The average molecular weight is 298 g/mol. The molecule has 1 saturated heterocycles. The molecule has 0 aliphatic carbocycles. The Bertz CT molecular complexity index is 576. The van der Waals surface area contributed by atoms with Crippen LogP contribution in [0.2, 0.25) is 0 Å². The van der Waals surface area contributed by atoms with Crippen LogP contribution in [0.15, 0.2) is 29.2 Å². The molecule has 0 amide bonds. The lowest BCUT2D eigenvalue weighted by molar-refractivity contribution is 0.316. The van der Waals surface area contributed by atoms with E-state index in [9.17, 15) is 8.42 Å². The molecule has 0 atom stereocenters. The van der Waals surface area contributed by atoms with Gasteiger partial charge in [0.25, 0.3) is 0 Å². The van der Waals surface area contributed by atoms with Crippen molar-refractivity contribution in [1.82, 2.24) is 4.31 Å². The number of nitrogens with zero attached hydrogens (tertiary/aromatic N) is 1. The summed E-state index contributed by atoms with van der Waals surface area (Å²) >= 11 is 4.97. The number of aryl methyl sites for hydroxylation is 1. The second-order valence-electron chi connectivity index (χ2n) is 4.85. The number of sulfonamides is 1. The van der Waals surface area contributed by atoms with Crippen molar-refractivity contribution in [3.8, 4) is 0 Å². The molecule has 4 nitrogen and oxygen atoms in total. The van der Waals surface area contributed by atoms with Gasteiger partial charge in [0, 0.05) is 19.0 Å². The Balaban J connectivity index is 2.19. The number of thiocarbonyl (C=S) groups is 1. The zero-order valence-corrected chi connectivity index (χ0v) is 12.5. The molecule has 6 heteroatoms. The summed E-state index contributed by atoms with van der Waals surface area (Å²) in [6, 6.07) is 7.06. The van der Waals surface area contributed by atoms with Gasteiger partial charge < -0.3 is 5.73 Å². The zero-order valence-electron chi connectivity index (χ0n) is 10.9. The minimum Gasteiger partial charge on any atom is -0.393 e. The largest absolute Gasteiger partial charge is 0.393 e. The summed E-state index contributed by atoms with van der Waals surface area (Å²) in [5.41, 5.74) is 6.40. The smallest absolute Gasteiger partial charge is 0.243 e. The van der Waals surface area contributed by atoms with Gasteiger partial charge in [-0.1, -0.05) is 30.4 Å². The van der Waals surface area contributed by atoms with Crippen molar-refractivity contribution >= 4 is 27.2 Å². The Labute approximate surface area is 119 Å². The molecule has 1 aliphatic heterocycles. The SMILES string of the molecule is Cc1ccccc1S(=O)(=O)N1CCC(C(N)=S)CC1. The van der Waals surface area contributed by atoms with E-state index in [2.05, 4.69) is 0 Å². The fourth-order valence-electron chi connectivity index (χ4n) is 2.37. The van der Waals surface area contributed by atoms with Crippen LogP contribution in [0.5, 0.6) is 0 Å². The third kappa shape index (κ3) is 2.96. The Hall–Kier alpha value is -0.980. The predicted octanol–water partition coefficient (Wildman–Crippen LogP) is 1.68. The van der Waals surface area contributed by atoms with Crippen molar-refractivity contribution in [1.29, 1.82) is 0 Å². The molecule has 104 valence electrons. The van der Waals surface area contributed by atoms with Crippen molar-refractivity contribution in [3.05, 3.63) is 29.8 Å². The van der Waals surface area contributed by atoms with Crippen LogP contribution in [0, 0.1) is 12.8 Å². The molecule has 0 unspecified atom stereocenters. The second-order valence-corrected chi connectivity index (χ2v) is 7.22. The van der Waals surface area contributed by atoms with Crippen LogP contribution in [-0.2, 0) is 10.0 Å². The fraction of sp³-hybridized carbons (Fsp3) is 0.462. The molecule has 0 spiro atoms. The first-order chi connectivity index (χ1) is 8.93. The molecule has 0 aromatic heterocycles. The van der Waals surface area contributed by atoms with Crippen molar-refractivity contribution in [2.24, 2.45) is 11.7 Å². The monoisotopic (exact) mass is 298 g/mol. The lowest BCUT2D eigenvalue weighted by Gasteiger charge is -2.31. The Morgan fingerprint density at radius 2 is 1.89 bits per heavy atom. The van der Waals surface area contributed by atoms with Gasteiger partial charge in [0.15, 0.2) is 0 Å². The van der Waals surface area contributed by atoms with E-state index in [0.29, 0.717) is 35.8 Å². The molecule has 19 heavy (non-hydrogen) atoms. The van der Waals surface area contributed by atoms with Gasteiger partial charge >= 0.3 is 0 Å². The molecule has 0 bridgehead atoms. The summed E-state index contributed by atoms with van der Waals surface area (Å²) in [6.07, 6.45) is 1.42. The maximum Gasteiger partial charge on any atom is 0.243 e. The molecule has 1 aromatic rings. The third-order valence-electron chi connectivity index (χ3n) is 3.57. The number of rotatable bonds is 3. The van der Waals surface area contributed by atoms with Crippen molar-refractivity contribution in [3.63, 3.8) is 0 Å². The Kier molecular flexibility index (Phi) is 4.23. The standard InChI is InChI=1S/C13H18N2O2S2/c1-10-4-2-3-5-12(10)19(16,17)15-8-6-11(7-9-15)13(14)18/h2-5,11H,6-9H2,1H3,(H2,14,18). The van der Waals surface area contributed by atoms with Crippen LogP contribution >= 0.6 is 12.2 Å². The number of nitrogens with two attached hydrogens (primary N) is 1. The molecule has 0 radical (unpaired) electrons. The van der Waals surface area contributed by atoms with E-state index in [1.807, 2.05) is 19.1 Å². The minimum atomic E-state index is -3.39. The Morgan fingerprint density at radius 3 is 2.42 bits per heavy atom. The summed E-state index contributed by atoms with van der Waals surface area (Å²) in [6.45, 7) is 2.78. The van der Waals surface area contributed by atoms with E-state index >= 15 is 0 Å². The minimum absolute atomic E-state index is 0.165. The summed E-state index contributed by atoms with van der Waals surface area (Å²) in [5.74, 6) is 0.165. The first-order valence-electron chi connectivity index (χ1n) is 6.28. The quantitative estimate of drug-likeness (QED) is 0.862. The van der Waals surface area contributed by atoms with E-state index in [-0.39, 0.29) is 5.92 Å². The van der Waals surface area contributed by atoms with Gasteiger partial charge in [-0.05, 0) is 31.4 Å². The number of hydrogen-bond acceptors (Lipinski definition) is 3. The first-order valence-corrected chi connectivity index (χ1v) is 8.13. The number of hydrogen-bond donors (Lipinski definition) is 1. The van der Waals surface area contributed by atoms with Gasteiger partial charge in [-0.25, -0.2) is 8.42 Å². The van der Waals surface area contributed by atoms with Gasteiger partial charge in [0.05, 0.1) is 9.88 Å². The third-order valence-corrected chi connectivity index (χ3v) is 5.96. The molecule has 0 saturated carbocycles. The van der Waals surface area contributed by atoms with E-state index in [1.165, 1.54) is 4.31 Å². The predicted molar refractivity (Wildman–Crippen MR) is 79.4 cm³/mol. The van der Waals surface area contributed by atoms with Crippen LogP contribution in [-0.4, -0.2) is 30.8 Å². The highest BCUT2D eigenvalue weighted by molar-refractivity contribution is 7.89. The number of piperidine rings is 1. The summed E-state index contributed by atoms with van der Waals surface area (Å²) < 4.78 is 26.6. The molecule has 2 rings (SSSR count). The van der Waals surface area contributed by atoms with Crippen LogP contribution in [0.3, 0.4) is 0 Å².